The standard InChI is InChI=1S/C15H23N5/c1-3-7-20(11-13-5-4-6-17-10-13)15-18-12(2)8-14(9-16)19-15/h8,13,17H,3-7,10-11H2,1-2H3. The Morgan fingerprint density at radius 3 is 3.00 bits per heavy atom. The van der Waals surface area contributed by atoms with Gasteiger partial charge in [0, 0.05) is 18.8 Å². The van der Waals surface area contributed by atoms with E-state index >= 15 is 0 Å². The summed E-state index contributed by atoms with van der Waals surface area (Å²) in [5.41, 5.74) is 1.31. The number of rotatable bonds is 5. The van der Waals surface area contributed by atoms with E-state index in [-0.39, 0.29) is 0 Å². The molecule has 2 rings (SSSR count). The molecule has 1 atom stereocenters. The zero-order valence-corrected chi connectivity index (χ0v) is 12.4. The van der Waals surface area contributed by atoms with Gasteiger partial charge < -0.3 is 10.2 Å². The van der Waals surface area contributed by atoms with Gasteiger partial charge in [0.05, 0.1) is 0 Å². The molecule has 1 aromatic rings. The number of piperidine rings is 1. The van der Waals surface area contributed by atoms with Gasteiger partial charge in [-0.15, -0.1) is 0 Å². The van der Waals surface area contributed by atoms with E-state index in [4.69, 9.17) is 5.26 Å². The first-order chi connectivity index (χ1) is 9.72. The summed E-state index contributed by atoms with van der Waals surface area (Å²) in [6, 6.07) is 3.85. The lowest BCUT2D eigenvalue weighted by atomic mass is 9.99. The summed E-state index contributed by atoms with van der Waals surface area (Å²) in [7, 11) is 0. The number of aryl methyl sites for hydroxylation is 1. The zero-order chi connectivity index (χ0) is 14.4. The van der Waals surface area contributed by atoms with Crippen LogP contribution in [0.1, 0.15) is 37.6 Å². The Kier molecular flexibility index (Phi) is 5.31. The molecule has 0 spiro atoms. The normalized spacial score (nSPS) is 18.6. The number of nitrogens with one attached hydrogen (secondary N) is 1. The first-order valence-corrected chi connectivity index (χ1v) is 7.44. The van der Waals surface area contributed by atoms with E-state index < -0.39 is 0 Å². The maximum absolute atomic E-state index is 9.05. The van der Waals surface area contributed by atoms with Crippen molar-refractivity contribution in [3.05, 3.63) is 17.5 Å². The molecule has 0 aliphatic carbocycles. The summed E-state index contributed by atoms with van der Waals surface area (Å²) in [6.45, 7) is 8.17. The van der Waals surface area contributed by atoms with Gasteiger partial charge in [0.2, 0.25) is 5.95 Å². The average molecular weight is 273 g/mol. The van der Waals surface area contributed by atoms with Gasteiger partial charge in [-0.25, -0.2) is 9.97 Å². The molecule has 1 saturated heterocycles. The molecule has 0 radical (unpaired) electrons. The zero-order valence-electron chi connectivity index (χ0n) is 12.4. The topological polar surface area (TPSA) is 64.8 Å². The quantitative estimate of drug-likeness (QED) is 0.887. The Labute approximate surface area is 121 Å². The minimum atomic E-state index is 0.454. The van der Waals surface area contributed by atoms with Crippen LogP contribution in [0.5, 0.6) is 0 Å². The van der Waals surface area contributed by atoms with Crippen LogP contribution in [0.3, 0.4) is 0 Å². The summed E-state index contributed by atoms with van der Waals surface area (Å²) in [4.78, 5) is 11.1. The average Bonchev–Trinajstić information content (AvgIpc) is 2.47. The lowest BCUT2D eigenvalue weighted by molar-refractivity contribution is 0.375. The lowest BCUT2D eigenvalue weighted by Crippen LogP contribution is -2.39. The van der Waals surface area contributed by atoms with Gasteiger partial charge in [0.25, 0.3) is 0 Å². The van der Waals surface area contributed by atoms with Crippen LogP contribution in [-0.2, 0) is 0 Å². The predicted molar refractivity (Wildman–Crippen MR) is 79.6 cm³/mol. The number of aromatic nitrogens is 2. The molecule has 108 valence electrons. The Morgan fingerprint density at radius 1 is 1.50 bits per heavy atom. The Hall–Kier alpha value is -1.67. The molecular formula is C15H23N5. The maximum atomic E-state index is 9.05. The number of hydrogen-bond donors (Lipinski definition) is 1. The van der Waals surface area contributed by atoms with Gasteiger partial charge in [-0.3, -0.25) is 0 Å². The van der Waals surface area contributed by atoms with Crippen LogP contribution >= 0.6 is 0 Å². The van der Waals surface area contributed by atoms with Crippen molar-refractivity contribution < 1.29 is 0 Å². The molecule has 2 heterocycles. The molecule has 0 aromatic carbocycles. The van der Waals surface area contributed by atoms with Crippen molar-refractivity contribution >= 4 is 5.95 Å². The molecule has 5 nitrogen and oxygen atoms in total. The third-order valence-electron chi connectivity index (χ3n) is 3.61. The Bertz CT molecular complexity index is 474. The second kappa shape index (κ2) is 7.20. The summed E-state index contributed by atoms with van der Waals surface area (Å²) < 4.78 is 0. The second-order valence-corrected chi connectivity index (χ2v) is 5.46. The first-order valence-electron chi connectivity index (χ1n) is 7.44. The SMILES string of the molecule is CCCN(CC1CCCNC1)c1nc(C)cc(C#N)n1. The van der Waals surface area contributed by atoms with Crippen LogP contribution < -0.4 is 10.2 Å². The van der Waals surface area contributed by atoms with Crippen molar-refractivity contribution in [1.82, 2.24) is 15.3 Å². The van der Waals surface area contributed by atoms with E-state index in [1.54, 1.807) is 6.07 Å². The van der Waals surface area contributed by atoms with E-state index in [2.05, 4.69) is 33.2 Å². The van der Waals surface area contributed by atoms with E-state index in [0.717, 1.165) is 38.3 Å². The monoisotopic (exact) mass is 273 g/mol. The molecule has 0 saturated carbocycles. The second-order valence-electron chi connectivity index (χ2n) is 5.46. The van der Waals surface area contributed by atoms with Crippen molar-refractivity contribution in [2.24, 2.45) is 5.92 Å². The fraction of sp³-hybridized carbons (Fsp3) is 0.667. The predicted octanol–water partition coefficient (Wildman–Crippen LogP) is 1.87. The van der Waals surface area contributed by atoms with Crippen LogP contribution in [0, 0.1) is 24.2 Å². The minimum Gasteiger partial charge on any atom is -0.340 e. The molecule has 1 N–H and O–H groups in total. The molecule has 1 unspecified atom stereocenters. The first kappa shape index (κ1) is 14.7. The lowest BCUT2D eigenvalue weighted by Gasteiger charge is -2.30. The van der Waals surface area contributed by atoms with Gasteiger partial charge in [-0.05, 0) is 51.3 Å². The van der Waals surface area contributed by atoms with E-state index in [1.807, 2.05) is 6.92 Å². The molecule has 1 aliphatic rings. The summed E-state index contributed by atoms with van der Waals surface area (Å²) in [5, 5.41) is 12.5. The Morgan fingerprint density at radius 2 is 2.35 bits per heavy atom. The minimum absolute atomic E-state index is 0.454. The smallest absolute Gasteiger partial charge is 0.226 e. The highest BCUT2D eigenvalue weighted by molar-refractivity contribution is 5.36. The number of hydrogen-bond acceptors (Lipinski definition) is 5. The van der Waals surface area contributed by atoms with Gasteiger partial charge in [-0.2, -0.15) is 5.26 Å². The van der Waals surface area contributed by atoms with Crippen LogP contribution in [0.4, 0.5) is 5.95 Å². The van der Waals surface area contributed by atoms with Crippen molar-refractivity contribution in [2.45, 2.75) is 33.1 Å². The van der Waals surface area contributed by atoms with Gasteiger partial charge in [-0.1, -0.05) is 6.92 Å². The Balaban J connectivity index is 2.14. The molecule has 20 heavy (non-hydrogen) atoms. The van der Waals surface area contributed by atoms with Gasteiger partial charge in [0.1, 0.15) is 11.8 Å². The fourth-order valence-corrected chi connectivity index (χ4v) is 2.69. The van der Waals surface area contributed by atoms with Gasteiger partial charge in [0.15, 0.2) is 0 Å². The molecule has 1 aliphatic heterocycles. The van der Waals surface area contributed by atoms with Crippen molar-refractivity contribution in [1.29, 1.82) is 5.26 Å². The van der Waals surface area contributed by atoms with E-state index in [1.165, 1.54) is 12.8 Å². The summed E-state index contributed by atoms with van der Waals surface area (Å²) in [5.74, 6) is 1.35. The maximum Gasteiger partial charge on any atom is 0.226 e. The fourth-order valence-electron chi connectivity index (χ4n) is 2.69. The van der Waals surface area contributed by atoms with Crippen LogP contribution in [-0.4, -0.2) is 36.1 Å². The third-order valence-corrected chi connectivity index (χ3v) is 3.61. The molecule has 1 aromatic heterocycles. The van der Waals surface area contributed by atoms with Crippen molar-refractivity contribution in [2.75, 3.05) is 31.1 Å². The highest BCUT2D eigenvalue weighted by Gasteiger charge is 2.19. The third kappa shape index (κ3) is 3.91. The van der Waals surface area contributed by atoms with Crippen LogP contribution in [0.15, 0.2) is 6.07 Å². The summed E-state index contributed by atoms with van der Waals surface area (Å²) in [6.07, 6.45) is 3.55. The van der Waals surface area contributed by atoms with E-state index in [9.17, 15) is 0 Å². The van der Waals surface area contributed by atoms with E-state index in [0.29, 0.717) is 17.6 Å². The largest absolute Gasteiger partial charge is 0.340 e. The van der Waals surface area contributed by atoms with Crippen molar-refractivity contribution in [3.8, 4) is 6.07 Å². The number of anilines is 1. The number of nitriles is 1. The summed E-state index contributed by atoms with van der Waals surface area (Å²) >= 11 is 0. The molecule has 1 fully saturated rings. The van der Waals surface area contributed by atoms with Crippen LogP contribution in [0.2, 0.25) is 0 Å². The number of nitrogens with zero attached hydrogens (tertiary/aromatic N) is 4. The molecular weight excluding hydrogens is 250 g/mol. The van der Waals surface area contributed by atoms with Gasteiger partial charge >= 0.3 is 0 Å². The highest BCUT2D eigenvalue weighted by atomic mass is 15.3. The molecule has 0 bridgehead atoms. The molecule has 5 heteroatoms. The highest BCUT2D eigenvalue weighted by Crippen LogP contribution is 2.17. The van der Waals surface area contributed by atoms with Crippen molar-refractivity contribution in [3.63, 3.8) is 0 Å². The molecule has 0 amide bonds. The van der Waals surface area contributed by atoms with Crippen LogP contribution in [0.25, 0.3) is 0 Å².